The predicted molar refractivity (Wildman–Crippen MR) is 281 cm³/mol. The smallest absolute Gasteiger partial charge is 0.220 e. The van der Waals surface area contributed by atoms with Gasteiger partial charge in [0.25, 0.3) is 0 Å². The molecular weight excluding hydrogens is 907 g/mol. The molecule has 0 aromatic rings. The van der Waals surface area contributed by atoms with Gasteiger partial charge >= 0.3 is 0 Å². The Balaban J connectivity index is 1.76. The van der Waals surface area contributed by atoms with Gasteiger partial charge in [-0.1, -0.05) is 176 Å². The lowest BCUT2D eigenvalue weighted by Gasteiger charge is -2.46. The number of nitrogens with one attached hydrogen (secondary N) is 1. The SMILES string of the molecule is CC/C=C\C/C=C\C/C=C\C/C=C\CCCCCCCCCCCCCCC(=O)NC(COC1OC(CO)C(OC2OC(CO)C(O)C(O)C2O)C(O)C1O)C(O)/C=C/CC/C=C/CC/C=C/CCCC. The summed E-state index contributed by atoms with van der Waals surface area (Å²) >= 11 is 0. The fraction of sp³-hybridized carbons (Fsp3) is 0.737. The summed E-state index contributed by atoms with van der Waals surface area (Å²) in [5, 5.41) is 86.8. The van der Waals surface area contributed by atoms with Crippen LogP contribution in [0.4, 0.5) is 0 Å². The highest BCUT2D eigenvalue weighted by molar-refractivity contribution is 5.76. The van der Waals surface area contributed by atoms with Crippen LogP contribution in [0.5, 0.6) is 0 Å². The molecule has 0 aliphatic carbocycles. The molecule has 14 nitrogen and oxygen atoms in total. The van der Waals surface area contributed by atoms with Gasteiger partial charge in [-0.3, -0.25) is 4.79 Å². The number of aliphatic hydroxyl groups excluding tert-OH is 8. The minimum absolute atomic E-state index is 0.262. The van der Waals surface area contributed by atoms with Gasteiger partial charge < -0.3 is 65.1 Å². The number of allylic oxidation sites excluding steroid dienone is 13. The van der Waals surface area contributed by atoms with E-state index in [1.165, 1.54) is 64.2 Å². The largest absolute Gasteiger partial charge is 0.394 e. The Bertz CT molecular complexity index is 1510. The zero-order chi connectivity index (χ0) is 51.7. The second-order valence-corrected chi connectivity index (χ2v) is 19.0. The van der Waals surface area contributed by atoms with E-state index >= 15 is 0 Å². The molecule has 9 N–H and O–H groups in total. The average Bonchev–Trinajstić information content (AvgIpc) is 3.37. The Kier molecular flexibility index (Phi) is 38.5. The highest BCUT2D eigenvalue weighted by Crippen LogP contribution is 2.30. The zero-order valence-electron chi connectivity index (χ0n) is 43.4. The van der Waals surface area contributed by atoms with E-state index in [1.807, 2.05) is 6.08 Å². The van der Waals surface area contributed by atoms with Crippen LogP contribution in [0.25, 0.3) is 0 Å². The van der Waals surface area contributed by atoms with E-state index in [0.29, 0.717) is 12.8 Å². The van der Waals surface area contributed by atoms with Crippen molar-refractivity contribution in [1.29, 1.82) is 0 Å². The second kappa shape index (κ2) is 42.5. The van der Waals surface area contributed by atoms with Crippen LogP contribution >= 0.6 is 0 Å². The molecule has 2 fully saturated rings. The molecule has 0 aromatic carbocycles. The summed E-state index contributed by atoms with van der Waals surface area (Å²) in [5.41, 5.74) is 0. The molecule has 0 aromatic heterocycles. The van der Waals surface area contributed by atoms with Crippen LogP contribution in [-0.4, -0.2) is 140 Å². The van der Waals surface area contributed by atoms with Gasteiger partial charge in [-0.05, 0) is 77.0 Å². The number of aliphatic hydroxyl groups is 8. The van der Waals surface area contributed by atoms with E-state index in [0.717, 1.165) is 77.0 Å². The Morgan fingerprint density at radius 2 is 0.986 bits per heavy atom. The van der Waals surface area contributed by atoms with Crippen molar-refractivity contribution in [2.75, 3.05) is 19.8 Å². The molecule has 2 heterocycles. The topological polar surface area (TPSA) is 228 Å². The zero-order valence-corrected chi connectivity index (χ0v) is 43.4. The summed E-state index contributed by atoms with van der Waals surface area (Å²) in [6.45, 7) is 2.58. The molecule has 2 saturated heterocycles. The molecule has 14 heteroatoms. The maximum Gasteiger partial charge on any atom is 0.220 e. The summed E-state index contributed by atoms with van der Waals surface area (Å²) in [4.78, 5) is 13.2. The first-order chi connectivity index (χ1) is 34.6. The van der Waals surface area contributed by atoms with E-state index < -0.39 is 86.8 Å². The number of carbonyl (C=O) groups is 1. The average molecular weight is 1000 g/mol. The van der Waals surface area contributed by atoms with E-state index in [2.05, 4.69) is 92.1 Å². The van der Waals surface area contributed by atoms with Crippen LogP contribution < -0.4 is 5.32 Å². The lowest BCUT2D eigenvalue weighted by molar-refractivity contribution is -0.359. The van der Waals surface area contributed by atoms with Gasteiger partial charge in [-0.2, -0.15) is 0 Å². The number of rotatable bonds is 41. The van der Waals surface area contributed by atoms with Gasteiger partial charge in [0, 0.05) is 6.42 Å². The minimum Gasteiger partial charge on any atom is -0.394 e. The van der Waals surface area contributed by atoms with Crippen molar-refractivity contribution in [3.05, 3.63) is 85.1 Å². The summed E-state index contributed by atoms with van der Waals surface area (Å²) in [5.74, 6) is -0.262. The van der Waals surface area contributed by atoms with Crippen LogP contribution in [0, 0.1) is 0 Å². The van der Waals surface area contributed by atoms with E-state index in [4.69, 9.17) is 18.9 Å². The third-order valence-electron chi connectivity index (χ3n) is 12.8. The second-order valence-electron chi connectivity index (χ2n) is 19.0. The minimum atomic E-state index is -1.79. The quantitative estimate of drug-likeness (QED) is 0.0208. The molecule has 71 heavy (non-hydrogen) atoms. The van der Waals surface area contributed by atoms with Gasteiger partial charge in [0.2, 0.25) is 5.91 Å². The van der Waals surface area contributed by atoms with Crippen molar-refractivity contribution < 1.29 is 64.6 Å². The number of hydrogen-bond donors (Lipinski definition) is 9. The van der Waals surface area contributed by atoms with Crippen LogP contribution in [0.3, 0.4) is 0 Å². The molecule has 12 atom stereocenters. The lowest BCUT2D eigenvalue weighted by atomic mass is 9.97. The molecule has 0 bridgehead atoms. The molecule has 0 radical (unpaired) electrons. The molecule has 1 amide bonds. The van der Waals surface area contributed by atoms with Crippen LogP contribution in [0.1, 0.15) is 174 Å². The highest BCUT2D eigenvalue weighted by Gasteiger charge is 2.51. The Morgan fingerprint density at radius 1 is 0.521 bits per heavy atom. The number of amides is 1. The Morgan fingerprint density at radius 3 is 1.55 bits per heavy atom. The van der Waals surface area contributed by atoms with Crippen molar-refractivity contribution in [1.82, 2.24) is 5.32 Å². The standard InChI is InChI=1S/C57H97NO13/c1-3-5-7-9-11-13-15-17-18-19-20-21-22-23-24-25-26-27-28-29-31-33-35-37-39-41-49(62)58-45(46(61)40-38-36-34-32-30-16-14-12-10-8-6-4-2)44-68-56-54(67)52(65)55(48(43-60)70-56)71-57-53(66)51(64)50(63)47(42-59)69-57/h5,7,10-13,17-18,20-21,30,32,38,40,45-48,50-57,59-61,63-67H,3-4,6,8-9,14-16,19,22-29,31,33-37,39,41-44H2,1-2H3,(H,58,62)/b7-5-,12-10+,13-11-,18-17-,21-20-,32-30+,40-38+. The fourth-order valence-corrected chi connectivity index (χ4v) is 8.36. The molecule has 2 aliphatic rings. The first-order valence-electron chi connectivity index (χ1n) is 27.3. The third kappa shape index (κ3) is 29.0. The van der Waals surface area contributed by atoms with Gasteiger partial charge in [0.05, 0.1) is 32.0 Å². The van der Waals surface area contributed by atoms with Crippen LogP contribution in [-0.2, 0) is 23.7 Å². The normalized spacial score (nSPS) is 26.5. The van der Waals surface area contributed by atoms with Crippen molar-refractivity contribution in [3.8, 4) is 0 Å². The molecule has 408 valence electrons. The number of carbonyl (C=O) groups excluding carboxylic acids is 1. The summed E-state index contributed by atoms with van der Waals surface area (Å²) in [6, 6.07) is -0.942. The van der Waals surface area contributed by atoms with Crippen molar-refractivity contribution >= 4 is 5.91 Å². The summed E-state index contributed by atoms with van der Waals surface area (Å²) < 4.78 is 22.7. The van der Waals surface area contributed by atoms with Gasteiger partial charge in [-0.25, -0.2) is 0 Å². The molecular formula is C57H97NO13. The Labute approximate surface area is 427 Å². The Hall–Kier alpha value is -2.83. The first kappa shape index (κ1) is 64.3. The molecule has 12 unspecified atom stereocenters. The van der Waals surface area contributed by atoms with Crippen molar-refractivity contribution in [2.24, 2.45) is 0 Å². The summed E-state index contributed by atoms with van der Waals surface area (Å²) in [6.07, 6.45) is 39.2. The van der Waals surface area contributed by atoms with E-state index in [1.54, 1.807) is 6.08 Å². The maximum absolute atomic E-state index is 13.2. The van der Waals surface area contributed by atoms with Gasteiger partial charge in [0.1, 0.15) is 48.8 Å². The maximum atomic E-state index is 13.2. The first-order valence-corrected chi connectivity index (χ1v) is 27.3. The molecule has 0 saturated carbocycles. The molecule has 2 rings (SSSR count). The number of ether oxygens (including phenoxy) is 4. The number of hydrogen-bond acceptors (Lipinski definition) is 13. The van der Waals surface area contributed by atoms with Crippen molar-refractivity contribution in [2.45, 2.75) is 248 Å². The molecule has 2 aliphatic heterocycles. The fourth-order valence-electron chi connectivity index (χ4n) is 8.36. The van der Waals surface area contributed by atoms with Gasteiger partial charge in [-0.15, -0.1) is 0 Å². The monoisotopic (exact) mass is 1000 g/mol. The van der Waals surface area contributed by atoms with Gasteiger partial charge in [0.15, 0.2) is 12.6 Å². The highest BCUT2D eigenvalue weighted by atomic mass is 16.7. The number of unbranched alkanes of at least 4 members (excludes halogenated alkanes) is 16. The van der Waals surface area contributed by atoms with Crippen LogP contribution in [0.15, 0.2) is 85.1 Å². The molecule has 0 spiro atoms. The lowest BCUT2D eigenvalue weighted by Crippen LogP contribution is -2.65. The van der Waals surface area contributed by atoms with Crippen LogP contribution in [0.2, 0.25) is 0 Å². The van der Waals surface area contributed by atoms with Crippen molar-refractivity contribution in [3.63, 3.8) is 0 Å². The van der Waals surface area contributed by atoms with E-state index in [-0.39, 0.29) is 18.9 Å². The summed E-state index contributed by atoms with van der Waals surface area (Å²) in [7, 11) is 0. The predicted octanol–water partition coefficient (Wildman–Crippen LogP) is 8.16. The van der Waals surface area contributed by atoms with E-state index in [9.17, 15) is 45.6 Å². The third-order valence-corrected chi connectivity index (χ3v) is 12.8.